The van der Waals surface area contributed by atoms with Gasteiger partial charge in [0.2, 0.25) is 0 Å². The second-order valence-corrected chi connectivity index (χ2v) is 7.53. The first kappa shape index (κ1) is 20.5. The van der Waals surface area contributed by atoms with Gasteiger partial charge in [-0.15, -0.1) is 0 Å². The zero-order chi connectivity index (χ0) is 22.0. The van der Waals surface area contributed by atoms with Crippen molar-refractivity contribution < 1.29 is 13.9 Å². The molecule has 4 rings (SSSR count). The van der Waals surface area contributed by atoms with E-state index in [4.69, 9.17) is 20.8 Å². The number of carbonyl (C=O) groups excluding carboxylic acids is 1. The van der Waals surface area contributed by atoms with E-state index in [0.717, 1.165) is 11.0 Å². The van der Waals surface area contributed by atoms with Gasteiger partial charge in [-0.05, 0) is 56.3 Å². The molecular weight excluding hydrogens is 414 g/mol. The first-order chi connectivity index (χ1) is 14.9. The number of esters is 1. The number of nitriles is 1. The number of hydrogen-bond donors (Lipinski definition) is 1. The van der Waals surface area contributed by atoms with Gasteiger partial charge < -0.3 is 14.1 Å². The minimum Gasteiger partial charge on any atom is -0.459 e. The molecule has 0 saturated heterocycles. The SMILES string of the molecule is CC(C)OC(=O)c1cc(-c2ccc(C=C(C#N)c3nc4ccccc4[nH]3)o2)ccc1Cl. The van der Waals surface area contributed by atoms with Gasteiger partial charge in [0.25, 0.3) is 0 Å². The molecule has 0 atom stereocenters. The molecule has 6 nitrogen and oxygen atoms in total. The number of H-pyrrole nitrogens is 1. The van der Waals surface area contributed by atoms with Crippen LogP contribution < -0.4 is 0 Å². The first-order valence-corrected chi connectivity index (χ1v) is 10.00. The van der Waals surface area contributed by atoms with Crippen molar-refractivity contribution in [3.8, 4) is 17.4 Å². The molecule has 0 aliphatic rings. The van der Waals surface area contributed by atoms with E-state index in [-0.39, 0.29) is 11.7 Å². The average molecular weight is 432 g/mol. The number of allylic oxidation sites excluding steroid dienone is 1. The number of imidazole rings is 1. The minimum absolute atomic E-state index is 0.254. The fraction of sp³-hybridized carbons (Fsp3) is 0.125. The molecule has 31 heavy (non-hydrogen) atoms. The van der Waals surface area contributed by atoms with Crippen LogP contribution in [0, 0.1) is 11.3 Å². The topological polar surface area (TPSA) is 91.9 Å². The Hall–Kier alpha value is -3.82. The zero-order valence-electron chi connectivity index (χ0n) is 16.8. The third-order valence-electron chi connectivity index (χ3n) is 4.49. The molecule has 154 valence electrons. The van der Waals surface area contributed by atoms with E-state index in [1.54, 1.807) is 50.3 Å². The van der Waals surface area contributed by atoms with E-state index in [0.29, 0.717) is 33.5 Å². The highest BCUT2D eigenvalue weighted by molar-refractivity contribution is 6.33. The Balaban J connectivity index is 1.64. The van der Waals surface area contributed by atoms with E-state index < -0.39 is 5.97 Å². The van der Waals surface area contributed by atoms with Crippen molar-refractivity contribution in [3.63, 3.8) is 0 Å². The van der Waals surface area contributed by atoms with Gasteiger partial charge in [0, 0.05) is 11.6 Å². The van der Waals surface area contributed by atoms with Crippen molar-refractivity contribution in [1.29, 1.82) is 5.26 Å². The van der Waals surface area contributed by atoms with Crippen LogP contribution in [0.25, 0.3) is 34.0 Å². The summed E-state index contributed by atoms with van der Waals surface area (Å²) in [5, 5.41) is 9.91. The van der Waals surface area contributed by atoms with Gasteiger partial charge in [0.15, 0.2) is 0 Å². The van der Waals surface area contributed by atoms with Gasteiger partial charge in [-0.3, -0.25) is 0 Å². The second-order valence-electron chi connectivity index (χ2n) is 7.12. The minimum atomic E-state index is -0.495. The molecule has 1 N–H and O–H groups in total. The summed E-state index contributed by atoms with van der Waals surface area (Å²) in [6, 6.07) is 18.2. The summed E-state index contributed by atoms with van der Waals surface area (Å²) in [7, 11) is 0. The maximum Gasteiger partial charge on any atom is 0.339 e. The summed E-state index contributed by atoms with van der Waals surface area (Å²) in [6.07, 6.45) is 1.36. The quantitative estimate of drug-likeness (QED) is 0.304. The van der Waals surface area contributed by atoms with Crippen molar-refractivity contribution >= 4 is 40.3 Å². The number of furan rings is 1. The van der Waals surface area contributed by atoms with E-state index in [1.807, 2.05) is 24.3 Å². The highest BCUT2D eigenvalue weighted by Crippen LogP contribution is 2.29. The molecule has 7 heteroatoms. The van der Waals surface area contributed by atoms with Gasteiger partial charge in [0.1, 0.15) is 23.4 Å². The monoisotopic (exact) mass is 431 g/mol. The fourth-order valence-electron chi connectivity index (χ4n) is 3.07. The summed E-state index contributed by atoms with van der Waals surface area (Å²) in [4.78, 5) is 19.9. The molecule has 4 aromatic rings. The van der Waals surface area contributed by atoms with E-state index in [9.17, 15) is 10.1 Å². The number of fused-ring (bicyclic) bond motifs is 1. The van der Waals surface area contributed by atoms with Crippen molar-refractivity contribution in [1.82, 2.24) is 9.97 Å². The molecule has 0 radical (unpaired) electrons. The summed E-state index contributed by atoms with van der Waals surface area (Å²) in [5.74, 6) is 0.980. The Kier molecular flexibility index (Phi) is 5.61. The molecule has 0 unspecified atom stereocenters. The van der Waals surface area contributed by atoms with Crippen molar-refractivity contribution in [2.75, 3.05) is 0 Å². The summed E-state index contributed by atoms with van der Waals surface area (Å²) in [6.45, 7) is 3.55. The molecule has 0 spiro atoms. The molecule has 0 saturated carbocycles. The number of ether oxygens (including phenoxy) is 1. The number of nitrogens with zero attached hydrogens (tertiary/aromatic N) is 2. The lowest BCUT2D eigenvalue weighted by atomic mass is 10.1. The molecule has 2 heterocycles. The number of aromatic nitrogens is 2. The molecule has 0 bridgehead atoms. The number of halogens is 1. The standard InChI is InChI=1S/C24H18ClN3O3/c1-14(2)30-24(29)18-12-15(7-9-19(18)25)22-10-8-17(31-22)11-16(13-26)23-27-20-5-3-4-6-21(20)28-23/h3-12,14H,1-2H3,(H,27,28). The highest BCUT2D eigenvalue weighted by Gasteiger charge is 2.16. The van der Waals surface area contributed by atoms with Crippen LogP contribution in [-0.4, -0.2) is 22.0 Å². The maximum atomic E-state index is 12.3. The Labute approximate surface area is 183 Å². The third kappa shape index (κ3) is 4.37. The molecule has 0 fully saturated rings. The predicted octanol–water partition coefficient (Wildman–Crippen LogP) is 6.11. The van der Waals surface area contributed by atoms with Crippen molar-refractivity contribution in [3.05, 3.63) is 76.8 Å². The summed E-state index contributed by atoms with van der Waals surface area (Å²) >= 11 is 6.17. The molecular formula is C24H18ClN3O3. The smallest absolute Gasteiger partial charge is 0.339 e. The number of hydrogen-bond acceptors (Lipinski definition) is 5. The van der Waals surface area contributed by atoms with Crippen LogP contribution in [0.5, 0.6) is 0 Å². The normalized spacial score (nSPS) is 11.6. The Morgan fingerprint density at radius 3 is 2.77 bits per heavy atom. The molecule has 2 aromatic carbocycles. The highest BCUT2D eigenvalue weighted by atomic mass is 35.5. The number of carbonyl (C=O) groups is 1. The lowest BCUT2D eigenvalue weighted by Gasteiger charge is -2.10. The zero-order valence-corrected chi connectivity index (χ0v) is 17.6. The van der Waals surface area contributed by atoms with Gasteiger partial charge in [-0.2, -0.15) is 5.26 Å². The van der Waals surface area contributed by atoms with Gasteiger partial charge in [-0.1, -0.05) is 23.7 Å². The van der Waals surface area contributed by atoms with Crippen molar-refractivity contribution in [2.24, 2.45) is 0 Å². The van der Waals surface area contributed by atoms with Crippen LogP contribution in [0.4, 0.5) is 0 Å². The summed E-state index contributed by atoms with van der Waals surface area (Å²) in [5.41, 5.74) is 2.90. The van der Waals surface area contributed by atoms with E-state index in [2.05, 4.69) is 16.0 Å². The van der Waals surface area contributed by atoms with Crippen LogP contribution in [0.2, 0.25) is 5.02 Å². The third-order valence-corrected chi connectivity index (χ3v) is 4.82. The van der Waals surface area contributed by atoms with E-state index in [1.165, 1.54) is 0 Å². The van der Waals surface area contributed by atoms with Gasteiger partial charge >= 0.3 is 5.97 Å². The fourth-order valence-corrected chi connectivity index (χ4v) is 3.27. The van der Waals surface area contributed by atoms with E-state index >= 15 is 0 Å². The summed E-state index contributed by atoms with van der Waals surface area (Å²) < 4.78 is 11.1. The largest absolute Gasteiger partial charge is 0.459 e. The Morgan fingerprint density at radius 1 is 1.23 bits per heavy atom. The number of rotatable bonds is 5. The van der Waals surface area contributed by atoms with Crippen LogP contribution >= 0.6 is 11.6 Å². The number of para-hydroxylation sites is 2. The Morgan fingerprint density at radius 2 is 2.03 bits per heavy atom. The molecule has 0 amide bonds. The predicted molar refractivity (Wildman–Crippen MR) is 119 cm³/mol. The van der Waals surface area contributed by atoms with Crippen LogP contribution in [0.1, 0.15) is 35.8 Å². The average Bonchev–Trinajstić information content (AvgIpc) is 3.38. The lowest BCUT2D eigenvalue weighted by Crippen LogP contribution is -2.12. The molecule has 2 aromatic heterocycles. The van der Waals surface area contributed by atoms with Gasteiger partial charge in [0.05, 0.1) is 33.3 Å². The second kappa shape index (κ2) is 8.50. The maximum absolute atomic E-state index is 12.3. The number of aromatic amines is 1. The molecule has 0 aliphatic carbocycles. The van der Waals surface area contributed by atoms with Crippen LogP contribution in [0.3, 0.4) is 0 Å². The first-order valence-electron chi connectivity index (χ1n) is 9.62. The van der Waals surface area contributed by atoms with Crippen molar-refractivity contribution in [2.45, 2.75) is 20.0 Å². The molecule has 0 aliphatic heterocycles. The Bertz CT molecular complexity index is 1310. The lowest BCUT2D eigenvalue weighted by molar-refractivity contribution is 0.0378. The number of benzene rings is 2. The van der Waals surface area contributed by atoms with Crippen LogP contribution in [0.15, 0.2) is 59.0 Å². The van der Waals surface area contributed by atoms with Crippen LogP contribution in [-0.2, 0) is 4.74 Å². The number of nitrogens with one attached hydrogen (secondary N) is 1. The van der Waals surface area contributed by atoms with Gasteiger partial charge in [-0.25, -0.2) is 9.78 Å².